The van der Waals surface area contributed by atoms with E-state index in [-0.39, 0.29) is 5.91 Å². The van der Waals surface area contributed by atoms with Gasteiger partial charge in [0, 0.05) is 12.1 Å². The molecule has 0 saturated heterocycles. The highest BCUT2D eigenvalue weighted by Gasteiger charge is 2.06. The summed E-state index contributed by atoms with van der Waals surface area (Å²) < 4.78 is 0. The number of hydrogen-bond donors (Lipinski definition) is 1. The molecule has 1 rings (SSSR count). The number of carbonyl (C=O) groups excluding carboxylic acids is 1. The molecule has 0 radical (unpaired) electrons. The van der Waals surface area contributed by atoms with E-state index in [1.165, 1.54) is 31.4 Å². The molecule has 3 heteroatoms. The third-order valence-corrected chi connectivity index (χ3v) is 3.03. The number of carbonyl (C=O) groups is 1. The lowest BCUT2D eigenvalue weighted by atomic mass is 10.2. The van der Waals surface area contributed by atoms with Crippen LogP contribution in [0, 0.1) is 0 Å². The molecule has 3 nitrogen and oxygen atoms in total. The molecule has 92 valence electrons. The Balaban J connectivity index is 2.19. The normalized spacial score (nSPS) is 16.7. The van der Waals surface area contributed by atoms with Gasteiger partial charge in [0.2, 0.25) is 5.91 Å². The quantitative estimate of drug-likeness (QED) is 0.434. The Bertz CT molecular complexity index is 226. The highest BCUT2D eigenvalue weighted by molar-refractivity contribution is 5.86. The molecule has 1 N–H and O–H groups in total. The van der Waals surface area contributed by atoms with Crippen LogP contribution in [0.2, 0.25) is 0 Å². The molecule has 1 fully saturated rings. The van der Waals surface area contributed by atoms with Crippen molar-refractivity contribution >= 4 is 11.6 Å². The molecule has 0 aliphatic heterocycles. The molecule has 16 heavy (non-hydrogen) atoms. The molecule has 1 aliphatic carbocycles. The minimum Gasteiger partial charge on any atom is -0.273 e. The van der Waals surface area contributed by atoms with Crippen molar-refractivity contribution in [3.8, 4) is 0 Å². The first-order valence-corrected chi connectivity index (χ1v) is 6.67. The van der Waals surface area contributed by atoms with Crippen molar-refractivity contribution in [2.75, 3.05) is 0 Å². The van der Waals surface area contributed by atoms with Crippen molar-refractivity contribution in [3.63, 3.8) is 0 Å². The molecule has 1 aliphatic rings. The Morgan fingerprint density at radius 3 is 2.50 bits per heavy atom. The fourth-order valence-corrected chi connectivity index (χ4v) is 1.98. The summed E-state index contributed by atoms with van der Waals surface area (Å²) >= 11 is 0. The lowest BCUT2D eigenvalue weighted by Gasteiger charge is -2.03. The maximum absolute atomic E-state index is 11.4. The molecule has 0 bridgehead atoms. The van der Waals surface area contributed by atoms with Crippen LogP contribution in [0.15, 0.2) is 5.10 Å². The van der Waals surface area contributed by atoms with Gasteiger partial charge in [0.1, 0.15) is 0 Å². The van der Waals surface area contributed by atoms with Gasteiger partial charge in [-0.05, 0) is 32.1 Å². The number of hydrazone groups is 1. The molecule has 0 aromatic heterocycles. The SMILES string of the molecule is CCCCCC(=O)NN=C1CCCCCC1. The van der Waals surface area contributed by atoms with Crippen LogP contribution in [-0.4, -0.2) is 11.6 Å². The Kier molecular flexibility index (Phi) is 6.86. The number of hydrogen-bond acceptors (Lipinski definition) is 2. The second kappa shape index (κ2) is 8.31. The third-order valence-electron chi connectivity index (χ3n) is 3.03. The van der Waals surface area contributed by atoms with Crippen molar-refractivity contribution in [2.24, 2.45) is 5.10 Å². The number of rotatable bonds is 5. The first kappa shape index (κ1) is 13.2. The minimum atomic E-state index is 0.0743. The number of nitrogens with zero attached hydrogens (tertiary/aromatic N) is 1. The number of nitrogens with one attached hydrogen (secondary N) is 1. The minimum absolute atomic E-state index is 0.0743. The van der Waals surface area contributed by atoms with E-state index in [9.17, 15) is 4.79 Å². The van der Waals surface area contributed by atoms with Crippen molar-refractivity contribution in [1.29, 1.82) is 0 Å². The Hall–Kier alpha value is -0.860. The second-order valence-electron chi connectivity index (χ2n) is 4.58. The van der Waals surface area contributed by atoms with E-state index < -0.39 is 0 Å². The lowest BCUT2D eigenvalue weighted by molar-refractivity contribution is -0.121. The van der Waals surface area contributed by atoms with Crippen LogP contribution in [-0.2, 0) is 4.79 Å². The van der Waals surface area contributed by atoms with Gasteiger partial charge in [-0.1, -0.05) is 32.6 Å². The summed E-state index contributed by atoms with van der Waals surface area (Å²) in [4.78, 5) is 11.4. The van der Waals surface area contributed by atoms with Crippen LogP contribution >= 0.6 is 0 Å². The van der Waals surface area contributed by atoms with Crippen molar-refractivity contribution in [2.45, 2.75) is 71.1 Å². The fourth-order valence-electron chi connectivity index (χ4n) is 1.98. The summed E-state index contributed by atoms with van der Waals surface area (Å²) in [6.07, 6.45) is 11.1. The molecule has 0 unspecified atom stereocenters. The van der Waals surface area contributed by atoms with Crippen LogP contribution in [0.25, 0.3) is 0 Å². The smallest absolute Gasteiger partial charge is 0.240 e. The Morgan fingerprint density at radius 1 is 1.19 bits per heavy atom. The average Bonchev–Trinajstić information content (AvgIpc) is 2.55. The van der Waals surface area contributed by atoms with Crippen molar-refractivity contribution in [1.82, 2.24) is 5.43 Å². The summed E-state index contributed by atoms with van der Waals surface area (Å²) in [6, 6.07) is 0. The van der Waals surface area contributed by atoms with Crippen LogP contribution in [0.5, 0.6) is 0 Å². The lowest BCUT2D eigenvalue weighted by Crippen LogP contribution is -2.19. The van der Waals surface area contributed by atoms with Gasteiger partial charge in [0.15, 0.2) is 0 Å². The summed E-state index contributed by atoms with van der Waals surface area (Å²) in [5.74, 6) is 0.0743. The van der Waals surface area contributed by atoms with Crippen molar-refractivity contribution in [3.05, 3.63) is 0 Å². The number of unbranched alkanes of at least 4 members (excludes halogenated alkanes) is 2. The van der Waals surface area contributed by atoms with Gasteiger partial charge in [0.05, 0.1) is 0 Å². The molecule has 1 saturated carbocycles. The van der Waals surface area contributed by atoms with E-state index >= 15 is 0 Å². The van der Waals surface area contributed by atoms with Gasteiger partial charge in [-0.2, -0.15) is 5.10 Å². The van der Waals surface area contributed by atoms with Crippen molar-refractivity contribution < 1.29 is 4.79 Å². The molecular formula is C13H24N2O. The first-order valence-electron chi connectivity index (χ1n) is 6.67. The molecule has 0 aromatic carbocycles. The van der Waals surface area contributed by atoms with E-state index in [1.807, 2.05) is 0 Å². The molecule has 0 spiro atoms. The molecular weight excluding hydrogens is 200 g/mol. The van der Waals surface area contributed by atoms with Gasteiger partial charge >= 0.3 is 0 Å². The van der Waals surface area contributed by atoms with Gasteiger partial charge in [-0.3, -0.25) is 4.79 Å². The maximum Gasteiger partial charge on any atom is 0.240 e. The van der Waals surface area contributed by atoms with E-state index in [1.54, 1.807) is 0 Å². The fraction of sp³-hybridized carbons (Fsp3) is 0.846. The molecule has 0 atom stereocenters. The van der Waals surface area contributed by atoms with E-state index in [4.69, 9.17) is 0 Å². The summed E-state index contributed by atoms with van der Waals surface area (Å²) in [6.45, 7) is 2.14. The van der Waals surface area contributed by atoms with Crippen LogP contribution < -0.4 is 5.43 Å². The second-order valence-corrected chi connectivity index (χ2v) is 4.58. The largest absolute Gasteiger partial charge is 0.273 e. The standard InChI is InChI=1S/C13H24N2O/c1-2-3-6-11-13(16)15-14-12-9-7-4-5-8-10-12/h2-11H2,1H3,(H,15,16). The van der Waals surface area contributed by atoms with Crippen LogP contribution in [0.4, 0.5) is 0 Å². The summed E-state index contributed by atoms with van der Waals surface area (Å²) in [5, 5.41) is 4.24. The topological polar surface area (TPSA) is 41.5 Å². The predicted molar refractivity (Wildman–Crippen MR) is 67.4 cm³/mol. The highest BCUT2D eigenvalue weighted by atomic mass is 16.2. The van der Waals surface area contributed by atoms with E-state index in [2.05, 4.69) is 17.5 Å². The van der Waals surface area contributed by atoms with Gasteiger partial charge in [0.25, 0.3) is 0 Å². The monoisotopic (exact) mass is 224 g/mol. The Labute approximate surface area is 98.7 Å². The van der Waals surface area contributed by atoms with Gasteiger partial charge < -0.3 is 0 Å². The summed E-state index contributed by atoms with van der Waals surface area (Å²) in [7, 11) is 0. The zero-order chi connectivity index (χ0) is 11.6. The first-order chi connectivity index (χ1) is 7.83. The molecule has 1 amide bonds. The number of amides is 1. The van der Waals surface area contributed by atoms with Gasteiger partial charge in [-0.25, -0.2) is 5.43 Å². The van der Waals surface area contributed by atoms with Crippen LogP contribution in [0.3, 0.4) is 0 Å². The Morgan fingerprint density at radius 2 is 1.88 bits per heavy atom. The maximum atomic E-state index is 11.4. The van der Waals surface area contributed by atoms with E-state index in [0.29, 0.717) is 6.42 Å². The summed E-state index contributed by atoms with van der Waals surface area (Å²) in [5.41, 5.74) is 3.87. The molecule has 0 heterocycles. The predicted octanol–water partition coefficient (Wildman–Crippen LogP) is 3.39. The van der Waals surface area contributed by atoms with Gasteiger partial charge in [-0.15, -0.1) is 0 Å². The zero-order valence-corrected chi connectivity index (χ0v) is 10.4. The highest BCUT2D eigenvalue weighted by Crippen LogP contribution is 2.14. The van der Waals surface area contributed by atoms with Crippen LogP contribution in [0.1, 0.15) is 71.1 Å². The average molecular weight is 224 g/mol. The molecule has 0 aromatic rings. The van der Waals surface area contributed by atoms with E-state index in [0.717, 1.165) is 32.1 Å². The third kappa shape index (κ3) is 5.89. The zero-order valence-electron chi connectivity index (χ0n) is 10.4.